The second-order valence-electron chi connectivity index (χ2n) is 4.70. The Morgan fingerprint density at radius 3 is 2.57 bits per heavy atom. The number of carboxylic acid groups (broad SMARTS) is 1. The molecular weight excluding hydrogens is 268 g/mol. The van der Waals surface area contributed by atoms with Gasteiger partial charge in [-0.2, -0.15) is 0 Å². The zero-order valence-corrected chi connectivity index (χ0v) is 11.9. The monoisotopic (exact) mass is 286 g/mol. The first-order valence-corrected chi connectivity index (χ1v) is 6.83. The van der Waals surface area contributed by atoms with Gasteiger partial charge >= 0.3 is 12.0 Å². The second kappa shape index (κ2) is 6.74. The van der Waals surface area contributed by atoms with E-state index in [0.717, 1.165) is 16.3 Å². The van der Waals surface area contributed by atoms with Crippen LogP contribution in [0.15, 0.2) is 42.5 Å². The molecule has 2 N–H and O–H groups in total. The summed E-state index contributed by atoms with van der Waals surface area (Å²) in [5.41, 5.74) is 1.01. The Kier molecular flexibility index (Phi) is 4.77. The highest BCUT2D eigenvalue weighted by atomic mass is 16.4. The number of carbonyl (C=O) groups excluding carboxylic acids is 1. The maximum atomic E-state index is 12.0. The zero-order valence-electron chi connectivity index (χ0n) is 11.9. The minimum absolute atomic E-state index is 0.294. The van der Waals surface area contributed by atoms with E-state index in [1.807, 2.05) is 42.5 Å². The SMILES string of the molecule is CCN(CC(=O)O)C(=O)NCc1cccc2ccccc12. The van der Waals surface area contributed by atoms with Gasteiger partial charge in [-0.25, -0.2) is 4.79 Å². The molecule has 2 aromatic carbocycles. The van der Waals surface area contributed by atoms with Crippen LogP contribution >= 0.6 is 0 Å². The normalized spacial score (nSPS) is 10.3. The molecule has 0 bridgehead atoms. The van der Waals surface area contributed by atoms with E-state index in [2.05, 4.69) is 5.32 Å². The Balaban J connectivity index is 2.07. The lowest BCUT2D eigenvalue weighted by Gasteiger charge is -2.19. The fourth-order valence-corrected chi connectivity index (χ4v) is 2.22. The van der Waals surface area contributed by atoms with Crippen molar-refractivity contribution < 1.29 is 14.7 Å². The third-order valence-electron chi connectivity index (χ3n) is 3.31. The molecule has 0 unspecified atom stereocenters. The van der Waals surface area contributed by atoms with E-state index >= 15 is 0 Å². The highest BCUT2D eigenvalue weighted by molar-refractivity contribution is 5.86. The molecule has 0 aliphatic heterocycles. The third kappa shape index (κ3) is 3.72. The highest BCUT2D eigenvalue weighted by Gasteiger charge is 2.14. The molecule has 2 amide bonds. The number of nitrogens with zero attached hydrogens (tertiary/aromatic N) is 1. The number of nitrogens with one attached hydrogen (secondary N) is 1. The van der Waals surface area contributed by atoms with Crippen molar-refractivity contribution in [2.75, 3.05) is 13.1 Å². The van der Waals surface area contributed by atoms with E-state index in [0.29, 0.717) is 13.1 Å². The fourth-order valence-electron chi connectivity index (χ4n) is 2.22. The number of carbonyl (C=O) groups is 2. The van der Waals surface area contributed by atoms with Crippen LogP contribution in [0.5, 0.6) is 0 Å². The van der Waals surface area contributed by atoms with Crippen LogP contribution in [0.4, 0.5) is 4.79 Å². The van der Waals surface area contributed by atoms with E-state index in [1.54, 1.807) is 6.92 Å². The largest absolute Gasteiger partial charge is 0.480 e. The number of carboxylic acids is 1. The number of hydrogen-bond donors (Lipinski definition) is 2. The van der Waals surface area contributed by atoms with Crippen LogP contribution in [0.25, 0.3) is 10.8 Å². The number of aliphatic carboxylic acids is 1. The Morgan fingerprint density at radius 1 is 1.14 bits per heavy atom. The summed E-state index contributed by atoms with van der Waals surface area (Å²) in [6, 6.07) is 13.5. The van der Waals surface area contributed by atoms with Gasteiger partial charge in [0.2, 0.25) is 0 Å². The third-order valence-corrected chi connectivity index (χ3v) is 3.31. The quantitative estimate of drug-likeness (QED) is 0.887. The lowest BCUT2D eigenvalue weighted by atomic mass is 10.0. The van der Waals surface area contributed by atoms with Gasteiger partial charge in [-0.05, 0) is 23.3 Å². The number of benzene rings is 2. The first-order chi connectivity index (χ1) is 10.1. The van der Waals surface area contributed by atoms with Crippen molar-refractivity contribution in [3.05, 3.63) is 48.0 Å². The van der Waals surface area contributed by atoms with E-state index in [4.69, 9.17) is 5.11 Å². The lowest BCUT2D eigenvalue weighted by molar-refractivity contribution is -0.137. The van der Waals surface area contributed by atoms with Crippen molar-refractivity contribution in [2.45, 2.75) is 13.5 Å². The minimum atomic E-state index is -1.02. The van der Waals surface area contributed by atoms with E-state index in [9.17, 15) is 9.59 Å². The van der Waals surface area contributed by atoms with Crippen molar-refractivity contribution in [1.82, 2.24) is 10.2 Å². The molecule has 0 fully saturated rings. The van der Waals surface area contributed by atoms with Crippen LogP contribution in [0.2, 0.25) is 0 Å². The molecule has 110 valence electrons. The molecule has 2 rings (SSSR count). The van der Waals surface area contributed by atoms with Crippen LogP contribution in [-0.2, 0) is 11.3 Å². The molecule has 2 aromatic rings. The van der Waals surface area contributed by atoms with Crippen molar-refractivity contribution in [3.8, 4) is 0 Å². The molecule has 0 saturated carbocycles. The molecule has 0 saturated heterocycles. The fraction of sp³-hybridized carbons (Fsp3) is 0.250. The van der Waals surface area contributed by atoms with Gasteiger partial charge in [0.1, 0.15) is 6.54 Å². The molecule has 0 aromatic heterocycles. The molecule has 5 nitrogen and oxygen atoms in total. The van der Waals surface area contributed by atoms with Crippen molar-refractivity contribution in [2.24, 2.45) is 0 Å². The molecule has 0 heterocycles. The predicted molar refractivity (Wildman–Crippen MR) is 81.1 cm³/mol. The summed E-state index contributed by atoms with van der Waals surface area (Å²) in [5, 5.41) is 13.7. The van der Waals surface area contributed by atoms with Gasteiger partial charge in [0.05, 0.1) is 0 Å². The van der Waals surface area contributed by atoms with Crippen LogP contribution < -0.4 is 5.32 Å². The smallest absolute Gasteiger partial charge is 0.323 e. The van der Waals surface area contributed by atoms with Crippen molar-refractivity contribution >= 4 is 22.8 Å². The second-order valence-corrected chi connectivity index (χ2v) is 4.70. The molecule has 0 radical (unpaired) electrons. The summed E-state index contributed by atoms with van der Waals surface area (Å²) in [7, 11) is 0. The standard InChI is InChI=1S/C16H18N2O3/c1-2-18(11-15(19)20)16(21)17-10-13-8-5-7-12-6-3-4-9-14(12)13/h3-9H,2,10-11H2,1H3,(H,17,21)(H,19,20). The van der Waals surface area contributed by atoms with Gasteiger partial charge in [-0.15, -0.1) is 0 Å². The maximum Gasteiger partial charge on any atom is 0.323 e. The first kappa shape index (κ1) is 14.8. The van der Waals surface area contributed by atoms with Gasteiger partial charge in [0.25, 0.3) is 0 Å². The highest BCUT2D eigenvalue weighted by Crippen LogP contribution is 2.18. The Bertz CT molecular complexity index is 650. The van der Waals surface area contributed by atoms with Gasteiger partial charge in [0.15, 0.2) is 0 Å². The molecule has 0 aliphatic carbocycles. The number of urea groups is 1. The van der Waals surface area contributed by atoms with Crippen molar-refractivity contribution in [3.63, 3.8) is 0 Å². The Labute approximate surface area is 123 Å². The van der Waals surface area contributed by atoms with E-state index < -0.39 is 5.97 Å². The number of amides is 2. The summed E-state index contributed by atoms with van der Waals surface area (Å²) in [6.07, 6.45) is 0. The molecular formula is C16H18N2O3. The zero-order chi connectivity index (χ0) is 15.2. The molecule has 0 atom stereocenters. The van der Waals surface area contributed by atoms with E-state index in [1.165, 1.54) is 4.90 Å². The summed E-state index contributed by atoms with van der Waals surface area (Å²) in [4.78, 5) is 23.9. The molecule has 0 aliphatic rings. The average molecular weight is 286 g/mol. The van der Waals surface area contributed by atoms with E-state index in [-0.39, 0.29) is 12.6 Å². The van der Waals surface area contributed by atoms with Gasteiger partial charge in [-0.3, -0.25) is 4.79 Å². The van der Waals surface area contributed by atoms with Gasteiger partial charge in [-0.1, -0.05) is 42.5 Å². The summed E-state index contributed by atoms with van der Waals surface area (Å²) >= 11 is 0. The number of rotatable bonds is 5. The molecule has 21 heavy (non-hydrogen) atoms. The predicted octanol–water partition coefficient (Wildman–Crippen LogP) is 2.46. The Morgan fingerprint density at radius 2 is 1.86 bits per heavy atom. The topological polar surface area (TPSA) is 69.6 Å². The Hall–Kier alpha value is -2.56. The summed E-state index contributed by atoms with van der Waals surface area (Å²) in [6.45, 7) is 2.18. The number of likely N-dealkylation sites (N-methyl/N-ethyl adjacent to an activating group) is 1. The van der Waals surface area contributed by atoms with Gasteiger partial charge in [0, 0.05) is 13.1 Å². The van der Waals surface area contributed by atoms with Crippen molar-refractivity contribution in [1.29, 1.82) is 0 Å². The first-order valence-electron chi connectivity index (χ1n) is 6.83. The molecule has 0 spiro atoms. The average Bonchev–Trinajstić information content (AvgIpc) is 2.50. The number of fused-ring (bicyclic) bond motifs is 1. The summed E-state index contributed by atoms with van der Waals surface area (Å²) in [5.74, 6) is -1.02. The number of hydrogen-bond acceptors (Lipinski definition) is 2. The summed E-state index contributed by atoms with van der Waals surface area (Å²) < 4.78 is 0. The van der Waals surface area contributed by atoms with Crippen LogP contribution in [0.3, 0.4) is 0 Å². The van der Waals surface area contributed by atoms with Crippen LogP contribution in [-0.4, -0.2) is 35.1 Å². The lowest BCUT2D eigenvalue weighted by Crippen LogP contribution is -2.42. The molecule has 5 heteroatoms. The minimum Gasteiger partial charge on any atom is -0.480 e. The van der Waals surface area contributed by atoms with Crippen LogP contribution in [0.1, 0.15) is 12.5 Å². The van der Waals surface area contributed by atoms with Gasteiger partial charge < -0.3 is 15.3 Å². The van der Waals surface area contributed by atoms with Crippen LogP contribution in [0, 0.1) is 0 Å². The maximum absolute atomic E-state index is 12.0.